The predicted octanol–water partition coefficient (Wildman–Crippen LogP) is 10.5. The molecule has 0 radical (unpaired) electrons. The van der Waals surface area contributed by atoms with Crippen molar-refractivity contribution in [2.24, 2.45) is 11.8 Å². The third-order valence-electron chi connectivity index (χ3n) is 11.7. The van der Waals surface area contributed by atoms with E-state index in [9.17, 15) is 10.5 Å². The van der Waals surface area contributed by atoms with Crippen molar-refractivity contribution >= 4 is 17.1 Å². The van der Waals surface area contributed by atoms with Gasteiger partial charge in [-0.3, -0.25) is 0 Å². The zero-order chi connectivity index (χ0) is 45.5. The predicted molar refractivity (Wildman–Crippen MR) is 244 cm³/mol. The Morgan fingerprint density at radius 3 is 1.70 bits per heavy atom. The highest BCUT2D eigenvalue weighted by Crippen LogP contribution is 2.52. The summed E-state index contributed by atoms with van der Waals surface area (Å²) in [6, 6.07) is 30.6. The quantitative estimate of drug-likeness (QED) is 0.0452. The van der Waals surface area contributed by atoms with E-state index >= 15 is 0 Å². The van der Waals surface area contributed by atoms with E-state index in [2.05, 4.69) is 77.4 Å². The molecule has 3 aromatic rings. The van der Waals surface area contributed by atoms with Gasteiger partial charge in [0.15, 0.2) is 0 Å². The van der Waals surface area contributed by atoms with Crippen molar-refractivity contribution in [1.82, 2.24) is 4.67 Å². The highest BCUT2D eigenvalue weighted by atomic mass is 31.2. The van der Waals surface area contributed by atoms with Crippen molar-refractivity contribution in [2.75, 3.05) is 40.6 Å². The third-order valence-corrected chi connectivity index (χ3v) is 15.0. The van der Waals surface area contributed by atoms with Crippen molar-refractivity contribution < 1.29 is 46.3 Å². The van der Waals surface area contributed by atoms with Crippen LogP contribution in [0.25, 0.3) is 0 Å². The van der Waals surface area contributed by atoms with E-state index in [0.717, 1.165) is 34.6 Å². The standard InChI is InChI=1S/C48H67N3O10P2/c1-11-43-36(7)47(60-62(55-29-15-27-49)51(33(2)3)34(4)5)45(59-43)32-57-63(56-30-16-28-50)61-46-35(6)37(8)58-44(46)31-54-48(38-17-13-12-14-18-38,39-19-23-41(52-9)24-20-39)40-21-25-42(53-10)26-22-40/h12-14,17-26,33-37,43-47H,11,15-16,29-32H2,1-10H3/t35-,36-,37+,43+,44-,45-,46-,47-,62?,63?/m1/s1. The maximum atomic E-state index is 9.45. The lowest BCUT2D eigenvalue weighted by Crippen LogP contribution is -2.39. The van der Waals surface area contributed by atoms with Gasteiger partial charge in [-0.15, -0.1) is 0 Å². The van der Waals surface area contributed by atoms with Gasteiger partial charge < -0.3 is 46.3 Å². The third kappa shape index (κ3) is 12.8. The van der Waals surface area contributed by atoms with E-state index in [0.29, 0.717) is 0 Å². The van der Waals surface area contributed by atoms with Gasteiger partial charge in [-0.1, -0.05) is 75.4 Å². The SMILES string of the molecule is CC[C@@H]1O[C@H](COP(OCCC#N)O[C@@H]2[C@H](C)[C@H](C)O[C@@H]2COC(c2ccccc2)(c2ccc(OC)cc2)c2ccc(OC)cc2)[C@H](OP(OCCC#N)N(C(C)C)C(C)C)[C@@H]1C. The Morgan fingerprint density at radius 2 is 1.17 bits per heavy atom. The van der Waals surface area contributed by atoms with Crippen LogP contribution in [-0.4, -0.2) is 94.0 Å². The number of nitrogens with zero attached hydrogens (tertiary/aromatic N) is 3. The van der Waals surface area contributed by atoms with Crippen LogP contribution < -0.4 is 9.47 Å². The Morgan fingerprint density at radius 1 is 0.651 bits per heavy atom. The molecule has 0 aromatic heterocycles. The summed E-state index contributed by atoms with van der Waals surface area (Å²) < 4.78 is 66.7. The van der Waals surface area contributed by atoms with Gasteiger partial charge in [0.05, 0.1) is 83.9 Å². The molecule has 2 aliphatic heterocycles. The minimum atomic E-state index is -1.99. The molecule has 0 saturated carbocycles. The van der Waals surface area contributed by atoms with Gasteiger partial charge in [-0.2, -0.15) is 10.5 Å². The van der Waals surface area contributed by atoms with E-state index < -0.39 is 41.0 Å². The van der Waals surface area contributed by atoms with Crippen LogP contribution in [0.15, 0.2) is 78.9 Å². The zero-order valence-corrected chi connectivity index (χ0v) is 40.3. The second-order valence-electron chi connectivity index (χ2n) is 16.5. The molecule has 3 aromatic carbocycles. The number of hydrogen-bond donors (Lipinski definition) is 0. The molecule has 10 atom stereocenters. The summed E-state index contributed by atoms with van der Waals surface area (Å²) in [5.41, 5.74) is 1.67. The first-order chi connectivity index (χ1) is 30.4. The second kappa shape index (κ2) is 24.9. The minimum Gasteiger partial charge on any atom is -0.497 e. The summed E-state index contributed by atoms with van der Waals surface area (Å²) in [6.45, 7) is 17.5. The molecule has 0 amide bonds. The van der Waals surface area contributed by atoms with Crippen LogP contribution in [0.1, 0.15) is 91.3 Å². The summed E-state index contributed by atoms with van der Waals surface area (Å²) in [6.07, 6.45) is -0.836. The molecule has 2 fully saturated rings. The van der Waals surface area contributed by atoms with Gasteiger partial charge in [0.1, 0.15) is 35.4 Å². The van der Waals surface area contributed by atoms with Crippen molar-refractivity contribution in [1.29, 1.82) is 10.5 Å². The molecule has 0 spiro atoms. The zero-order valence-electron chi connectivity index (χ0n) is 38.5. The van der Waals surface area contributed by atoms with Gasteiger partial charge in [0, 0.05) is 23.9 Å². The molecule has 0 bridgehead atoms. The van der Waals surface area contributed by atoms with Gasteiger partial charge in [-0.25, -0.2) is 4.67 Å². The minimum absolute atomic E-state index is 0.0351. The fourth-order valence-electron chi connectivity index (χ4n) is 8.30. The van der Waals surface area contributed by atoms with Crippen LogP contribution in [0.5, 0.6) is 11.5 Å². The van der Waals surface area contributed by atoms with E-state index in [1.54, 1.807) is 14.2 Å². The molecule has 15 heteroatoms. The van der Waals surface area contributed by atoms with Gasteiger partial charge >= 0.3 is 8.60 Å². The fraction of sp³-hybridized carbons (Fsp3) is 0.583. The monoisotopic (exact) mass is 907 g/mol. The highest BCUT2D eigenvalue weighted by molar-refractivity contribution is 7.44. The van der Waals surface area contributed by atoms with Crippen LogP contribution >= 0.6 is 17.1 Å². The fourth-order valence-corrected chi connectivity index (χ4v) is 11.4. The van der Waals surface area contributed by atoms with Gasteiger partial charge in [0.2, 0.25) is 0 Å². The Bertz CT molecular complexity index is 1820. The Balaban J connectivity index is 1.42. The van der Waals surface area contributed by atoms with Crippen molar-refractivity contribution in [3.8, 4) is 23.6 Å². The molecule has 13 nitrogen and oxygen atoms in total. The maximum absolute atomic E-state index is 9.45. The van der Waals surface area contributed by atoms with E-state index in [-0.39, 0.29) is 81.5 Å². The van der Waals surface area contributed by atoms with Crippen LogP contribution in [0.4, 0.5) is 0 Å². The first-order valence-electron chi connectivity index (χ1n) is 22.1. The molecule has 2 aliphatic rings. The topological polar surface area (TPSA) is 143 Å². The smallest absolute Gasteiger partial charge is 0.333 e. The molecule has 2 heterocycles. The van der Waals surface area contributed by atoms with Gasteiger partial charge in [-0.05, 0) is 82.0 Å². The number of ether oxygens (including phenoxy) is 5. The molecule has 2 unspecified atom stereocenters. The lowest BCUT2D eigenvalue weighted by Gasteiger charge is -2.38. The molecular formula is C48H67N3O10P2. The maximum Gasteiger partial charge on any atom is 0.333 e. The molecule has 5 rings (SSSR count). The summed E-state index contributed by atoms with van der Waals surface area (Å²) in [4.78, 5) is 0. The molecule has 63 heavy (non-hydrogen) atoms. The summed E-state index contributed by atoms with van der Waals surface area (Å²) in [5.74, 6) is 1.44. The summed E-state index contributed by atoms with van der Waals surface area (Å²) >= 11 is 0. The number of hydrogen-bond acceptors (Lipinski definition) is 13. The second-order valence-corrected chi connectivity index (χ2v) is 19.1. The van der Waals surface area contributed by atoms with Crippen LogP contribution in [0.3, 0.4) is 0 Å². The molecular weight excluding hydrogens is 840 g/mol. The van der Waals surface area contributed by atoms with E-state index in [1.165, 1.54) is 0 Å². The summed E-state index contributed by atoms with van der Waals surface area (Å²) in [5, 5.41) is 18.7. The number of benzene rings is 3. The lowest BCUT2D eigenvalue weighted by molar-refractivity contribution is -0.0795. The number of nitriles is 2. The Hall–Kier alpha value is -3.26. The first-order valence-corrected chi connectivity index (χ1v) is 24.3. The normalized spacial score (nSPS) is 24.7. The van der Waals surface area contributed by atoms with E-state index in [4.69, 9.17) is 46.3 Å². The highest BCUT2D eigenvalue weighted by Gasteiger charge is 2.48. The average molecular weight is 908 g/mol. The first kappa shape index (κ1) is 50.7. The molecule has 0 N–H and O–H groups in total. The average Bonchev–Trinajstić information content (AvgIpc) is 3.74. The lowest BCUT2D eigenvalue weighted by atomic mass is 9.80. The van der Waals surface area contributed by atoms with Crippen molar-refractivity contribution in [3.63, 3.8) is 0 Å². The van der Waals surface area contributed by atoms with Crippen LogP contribution in [0, 0.1) is 34.5 Å². The van der Waals surface area contributed by atoms with E-state index in [1.807, 2.05) is 73.7 Å². The van der Waals surface area contributed by atoms with Gasteiger partial charge in [0.25, 0.3) is 8.53 Å². The van der Waals surface area contributed by atoms with Crippen molar-refractivity contribution in [3.05, 3.63) is 95.6 Å². The van der Waals surface area contributed by atoms with Crippen molar-refractivity contribution in [2.45, 2.75) is 129 Å². The summed E-state index contributed by atoms with van der Waals surface area (Å²) in [7, 11) is -0.221. The Kier molecular flexibility index (Phi) is 20.0. The molecule has 0 aliphatic carbocycles. The Labute approximate surface area is 378 Å². The largest absolute Gasteiger partial charge is 0.497 e. The molecule has 2 saturated heterocycles. The van der Waals surface area contributed by atoms with Crippen LogP contribution in [0.2, 0.25) is 0 Å². The number of rotatable bonds is 25. The van der Waals surface area contributed by atoms with Crippen LogP contribution in [-0.2, 0) is 42.4 Å². The number of methoxy groups -OCH3 is 2. The molecule has 344 valence electrons.